The molecule has 1 N–H and O–H groups in total. The standard InChI is InChI=1S/C15H14ClF2N3O2/c16-11-2-1-10(8-12(11)23-15(17)18)20-14(22)9-3-5-21-6-4-19-13(21)7-9/h1-2,4,6,8-9,15H,3,5,7H2,(H,20,22)/t9-/m1/s1. The van der Waals surface area contributed by atoms with Crippen LogP contribution in [-0.2, 0) is 17.8 Å². The van der Waals surface area contributed by atoms with Crippen molar-refractivity contribution >= 4 is 23.2 Å². The predicted molar refractivity (Wildman–Crippen MR) is 80.8 cm³/mol. The first-order chi connectivity index (χ1) is 11.0. The number of carbonyl (C=O) groups excluding carboxylic acids is 1. The zero-order chi connectivity index (χ0) is 16.4. The van der Waals surface area contributed by atoms with Crippen LogP contribution in [0.5, 0.6) is 5.75 Å². The number of fused-ring (bicyclic) bond motifs is 1. The second kappa shape index (κ2) is 6.54. The Morgan fingerprint density at radius 3 is 3.09 bits per heavy atom. The topological polar surface area (TPSA) is 56.1 Å². The lowest BCUT2D eigenvalue weighted by Crippen LogP contribution is -2.30. The number of anilines is 1. The monoisotopic (exact) mass is 341 g/mol. The van der Waals surface area contributed by atoms with E-state index < -0.39 is 6.61 Å². The van der Waals surface area contributed by atoms with E-state index in [0.717, 1.165) is 12.4 Å². The molecule has 0 saturated heterocycles. The molecule has 0 aliphatic carbocycles. The molecule has 1 aromatic heterocycles. The van der Waals surface area contributed by atoms with Crippen molar-refractivity contribution in [2.24, 2.45) is 5.92 Å². The van der Waals surface area contributed by atoms with E-state index in [0.29, 0.717) is 18.5 Å². The van der Waals surface area contributed by atoms with Gasteiger partial charge in [-0.1, -0.05) is 11.6 Å². The van der Waals surface area contributed by atoms with Crippen LogP contribution in [0.1, 0.15) is 12.2 Å². The number of nitrogens with one attached hydrogen (secondary N) is 1. The lowest BCUT2D eigenvalue weighted by molar-refractivity contribution is -0.120. The van der Waals surface area contributed by atoms with Crippen LogP contribution < -0.4 is 10.1 Å². The number of alkyl halides is 2. The second-order valence-electron chi connectivity index (χ2n) is 5.24. The minimum absolute atomic E-state index is 0.0583. The summed E-state index contributed by atoms with van der Waals surface area (Å²) >= 11 is 5.79. The molecule has 0 fully saturated rings. The Morgan fingerprint density at radius 1 is 1.48 bits per heavy atom. The van der Waals surface area contributed by atoms with Gasteiger partial charge < -0.3 is 14.6 Å². The number of aromatic nitrogens is 2. The number of aryl methyl sites for hydroxylation is 1. The van der Waals surface area contributed by atoms with E-state index >= 15 is 0 Å². The van der Waals surface area contributed by atoms with Crippen molar-refractivity contribution in [3.63, 3.8) is 0 Å². The number of imidazole rings is 1. The lowest BCUT2D eigenvalue weighted by Gasteiger charge is -2.22. The lowest BCUT2D eigenvalue weighted by atomic mass is 9.97. The third-order valence-corrected chi connectivity index (χ3v) is 4.05. The van der Waals surface area contributed by atoms with Gasteiger partial charge in [-0.2, -0.15) is 8.78 Å². The Morgan fingerprint density at radius 2 is 2.30 bits per heavy atom. The fourth-order valence-corrected chi connectivity index (χ4v) is 2.75. The van der Waals surface area contributed by atoms with Gasteiger partial charge in [-0.3, -0.25) is 4.79 Å². The maximum absolute atomic E-state index is 12.3. The summed E-state index contributed by atoms with van der Waals surface area (Å²) in [4.78, 5) is 16.6. The SMILES string of the molecule is O=C(Nc1ccc(Cl)c(OC(F)F)c1)[C@@H]1CCn2ccnc2C1. The van der Waals surface area contributed by atoms with Gasteiger partial charge in [0.15, 0.2) is 0 Å². The number of amides is 1. The molecule has 0 saturated carbocycles. The van der Waals surface area contributed by atoms with Crippen LogP contribution in [0, 0.1) is 5.92 Å². The van der Waals surface area contributed by atoms with E-state index in [1.165, 1.54) is 12.1 Å². The van der Waals surface area contributed by atoms with Crippen LogP contribution in [0.4, 0.5) is 14.5 Å². The van der Waals surface area contributed by atoms with Crippen molar-refractivity contribution in [2.45, 2.75) is 26.0 Å². The van der Waals surface area contributed by atoms with Crippen LogP contribution in [0.2, 0.25) is 5.02 Å². The molecule has 1 atom stereocenters. The summed E-state index contributed by atoms with van der Waals surface area (Å²) in [6.45, 7) is -2.25. The van der Waals surface area contributed by atoms with Crippen LogP contribution >= 0.6 is 11.6 Å². The molecule has 1 aromatic carbocycles. The summed E-state index contributed by atoms with van der Waals surface area (Å²) in [7, 11) is 0. The van der Waals surface area contributed by atoms with Crippen molar-refractivity contribution in [1.82, 2.24) is 9.55 Å². The van der Waals surface area contributed by atoms with Gasteiger partial charge in [-0.05, 0) is 18.6 Å². The molecule has 23 heavy (non-hydrogen) atoms. The van der Waals surface area contributed by atoms with E-state index in [1.807, 2.05) is 10.8 Å². The first-order valence-electron chi connectivity index (χ1n) is 7.08. The fourth-order valence-electron chi connectivity index (χ4n) is 2.59. The van der Waals surface area contributed by atoms with Crippen LogP contribution in [0.15, 0.2) is 30.6 Å². The number of ether oxygens (including phenoxy) is 1. The first-order valence-corrected chi connectivity index (χ1v) is 7.46. The molecule has 1 amide bonds. The largest absolute Gasteiger partial charge is 0.433 e. The average Bonchev–Trinajstić information content (AvgIpc) is 2.97. The third kappa shape index (κ3) is 3.61. The summed E-state index contributed by atoms with van der Waals surface area (Å²) in [5, 5.41) is 2.77. The van der Waals surface area contributed by atoms with Crippen molar-refractivity contribution < 1.29 is 18.3 Å². The van der Waals surface area contributed by atoms with E-state index in [4.69, 9.17) is 11.6 Å². The van der Waals surface area contributed by atoms with Gasteiger partial charge in [0.1, 0.15) is 11.6 Å². The summed E-state index contributed by atoms with van der Waals surface area (Å²) in [6, 6.07) is 4.24. The van der Waals surface area contributed by atoms with E-state index in [1.54, 1.807) is 12.3 Å². The highest BCUT2D eigenvalue weighted by Gasteiger charge is 2.25. The molecular formula is C15H14ClF2N3O2. The molecular weight excluding hydrogens is 328 g/mol. The Labute approximate surface area is 136 Å². The molecule has 0 radical (unpaired) electrons. The molecule has 1 aliphatic rings. The van der Waals surface area contributed by atoms with Crippen LogP contribution in [0.25, 0.3) is 0 Å². The number of benzene rings is 1. The van der Waals surface area contributed by atoms with Gasteiger partial charge >= 0.3 is 6.61 Å². The van der Waals surface area contributed by atoms with Crippen LogP contribution in [0.3, 0.4) is 0 Å². The van der Waals surface area contributed by atoms with Crippen LogP contribution in [-0.4, -0.2) is 22.1 Å². The molecule has 0 unspecified atom stereocenters. The molecule has 8 heteroatoms. The molecule has 122 valence electrons. The van der Waals surface area contributed by atoms with E-state index in [9.17, 15) is 13.6 Å². The highest BCUT2D eigenvalue weighted by molar-refractivity contribution is 6.32. The molecule has 1 aliphatic heterocycles. The van der Waals surface area contributed by atoms with Gasteiger partial charge in [0.25, 0.3) is 0 Å². The Kier molecular flexibility index (Phi) is 4.47. The second-order valence-corrected chi connectivity index (χ2v) is 5.65. The average molecular weight is 342 g/mol. The number of hydrogen-bond acceptors (Lipinski definition) is 3. The van der Waals surface area contributed by atoms with E-state index in [2.05, 4.69) is 15.0 Å². The van der Waals surface area contributed by atoms with Gasteiger partial charge in [0.05, 0.1) is 5.02 Å². The predicted octanol–water partition coefficient (Wildman–Crippen LogP) is 3.34. The third-order valence-electron chi connectivity index (χ3n) is 3.73. The molecule has 2 aromatic rings. The number of hydrogen-bond donors (Lipinski definition) is 1. The maximum atomic E-state index is 12.3. The van der Waals surface area contributed by atoms with Gasteiger partial charge in [0.2, 0.25) is 5.91 Å². The minimum Gasteiger partial charge on any atom is -0.433 e. The molecule has 2 heterocycles. The molecule has 3 rings (SSSR count). The molecule has 0 spiro atoms. The van der Waals surface area contributed by atoms with Crippen molar-refractivity contribution in [2.75, 3.05) is 5.32 Å². The Balaban J connectivity index is 1.68. The van der Waals surface area contributed by atoms with Crippen molar-refractivity contribution in [1.29, 1.82) is 0 Å². The summed E-state index contributed by atoms with van der Waals surface area (Å²) < 4.78 is 31.0. The number of nitrogens with zero attached hydrogens (tertiary/aromatic N) is 2. The smallest absolute Gasteiger partial charge is 0.387 e. The van der Waals surface area contributed by atoms with E-state index in [-0.39, 0.29) is 22.6 Å². The van der Waals surface area contributed by atoms with Gasteiger partial charge in [-0.25, -0.2) is 4.98 Å². The molecule has 0 bridgehead atoms. The minimum atomic E-state index is -2.98. The zero-order valence-corrected chi connectivity index (χ0v) is 12.8. The first kappa shape index (κ1) is 15.7. The quantitative estimate of drug-likeness (QED) is 0.928. The number of halogens is 3. The number of carbonyl (C=O) groups is 1. The molecule has 5 nitrogen and oxygen atoms in total. The van der Waals surface area contributed by atoms with Crippen molar-refractivity contribution in [3.05, 3.63) is 41.4 Å². The Hall–Kier alpha value is -2.15. The Bertz CT molecular complexity index is 720. The number of rotatable bonds is 4. The summed E-state index contributed by atoms with van der Waals surface area (Å²) in [5.74, 6) is 0.317. The van der Waals surface area contributed by atoms with Gasteiger partial charge in [-0.15, -0.1) is 0 Å². The normalized spacial score (nSPS) is 17.0. The van der Waals surface area contributed by atoms with Gasteiger partial charge in [0, 0.05) is 43.0 Å². The highest BCUT2D eigenvalue weighted by Crippen LogP contribution is 2.30. The maximum Gasteiger partial charge on any atom is 0.387 e. The highest BCUT2D eigenvalue weighted by atomic mass is 35.5. The zero-order valence-electron chi connectivity index (χ0n) is 12.0. The van der Waals surface area contributed by atoms with Crippen molar-refractivity contribution in [3.8, 4) is 5.75 Å². The summed E-state index contributed by atoms with van der Waals surface area (Å²) in [6.07, 6.45) is 4.84. The fraction of sp³-hybridized carbons (Fsp3) is 0.333. The summed E-state index contributed by atoms with van der Waals surface area (Å²) in [5.41, 5.74) is 0.365.